The van der Waals surface area contributed by atoms with Gasteiger partial charge in [-0.25, -0.2) is 9.50 Å². The SMILES string of the molecule is c1cc(CN2CCC(c3nc4ccc(N5CCCC5)cn4n3)CC2)ccn1. The fourth-order valence-electron chi connectivity index (χ4n) is 4.32. The maximum absolute atomic E-state index is 4.83. The molecular formula is C21H26N6. The van der Waals surface area contributed by atoms with Crippen LogP contribution in [0.3, 0.4) is 0 Å². The van der Waals surface area contributed by atoms with Gasteiger partial charge in [-0.05, 0) is 68.6 Å². The molecular weight excluding hydrogens is 336 g/mol. The molecule has 0 radical (unpaired) electrons. The number of likely N-dealkylation sites (tertiary alicyclic amines) is 1. The Kier molecular flexibility index (Phi) is 4.49. The Hall–Kier alpha value is -2.47. The van der Waals surface area contributed by atoms with Crippen LogP contribution in [0.25, 0.3) is 5.65 Å². The topological polar surface area (TPSA) is 49.6 Å². The van der Waals surface area contributed by atoms with Crippen LogP contribution in [-0.4, -0.2) is 50.7 Å². The average molecular weight is 362 g/mol. The second-order valence-electron chi connectivity index (χ2n) is 7.76. The molecule has 27 heavy (non-hydrogen) atoms. The summed E-state index contributed by atoms with van der Waals surface area (Å²) in [5.74, 6) is 1.48. The summed E-state index contributed by atoms with van der Waals surface area (Å²) in [4.78, 5) is 13.9. The molecule has 0 bridgehead atoms. The van der Waals surface area contributed by atoms with E-state index in [1.54, 1.807) is 0 Å². The lowest BCUT2D eigenvalue weighted by Gasteiger charge is -2.30. The van der Waals surface area contributed by atoms with Crippen LogP contribution in [0.2, 0.25) is 0 Å². The number of aromatic nitrogens is 4. The fourth-order valence-corrected chi connectivity index (χ4v) is 4.32. The largest absolute Gasteiger partial charge is 0.370 e. The molecule has 5 heterocycles. The van der Waals surface area contributed by atoms with Crippen molar-refractivity contribution in [1.29, 1.82) is 0 Å². The van der Waals surface area contributed by atoms with Crippen molar-refractivity contribution in [2.75, 3.05) is 31.1 Å². The van der Waals surface area contributed by atoms with Crippen molar-refractivity contribution < 1.29 is 0 Å². The van der Waals surface area contributed by atoms with Gasteiger partial charge in [-0.1, -0.05) is 0 Å². The summed E-state index contributed by atoms with van der Waals surface area (Å²) in [5.41, 5.74) is 3.57. The van der Waals surface area contributed by atoms with Crippen LogP contribution < -0.4 is 4.90 Å². The molecule has 0 aliphatic carbocycles. The van der Waals surface area contributed by atoms with Crippen LogP contribution in [0.4, 0.5) is 5.69 Å². The average Bonchev–Trinajstić information content (AvgIpc) is 3.39. The Morgan fingerprint density at radius 1 is 0.926 bits per heavy atom. The molecule has 2 fully saturated rings. The molecule has 0 unspecified atom stereocenters. The molecule has 2 saturated heterocycles. The van der Waals surface area contributed by atoms with Crippen LogP contribution in [0, 0.1) is 0 Å². The molecule has 0 spiro atoms. The minimum Gasteiger partial charge on any atom is -0.370 e. The number of anilines is 1. The molecule has 3 aromatic rings. The molecule has 3 aromatic heterocycles. The third-order valence-electron chi connectivity index (χ3n) is 5.91. The molecule has 5 rings (SSSR count). The van der Waals surface area contributed by atoms with E-state index in [9.17, 15) is 0 Å². The number of hydrogen-bond donors (Lipinski definition) is 0. The van der Waals surface area contributed by atoms with Gasteiger partial charge in [0, 0.05) is 37.9 Å². The Labute approximate surface area is 159 Å². The predicted molar refractivity (Wildman–Crippen MR) is 106 cm³/mol. The zero-order chi connectivity index (χ0) is 18.1. The monoisotopic (exact) mass is 362 g/mol. The van der Waals surface area contributed by atoms with E-state index >= 15 is 0 Å². The Balaban J connectivity index is 1.26. The standard InChI is InChI=1S/C21H26N6/c1-2-12-26(11-1)19-3-4-20-23-21(24-27(20)16-19)18-7-13-25(14-8-18)15-17-5-9-22-10-6-17/h3-6,9-10,16,18H,1-2,7-8,11-15H2. The van der Waals surface area contributed by atoms with Gasteiger partial charge in [-0.15, -0.1) is 0 Å². The van der Waals surface area contributed by atoms with Crippen molar-refractivity contribution >= 4 is 11.3 Å². The normalized spacial score (nSPS) is 19.2. The molecule has 6 heteroatoms. The van der Waals surface area contributed by atoms with E-state index in [-0.39, 0.29) is 0 Å². The molecule has 2 aliphatic heterocycles. The first-order valence-electron chi connectivity index (χ1n) is 10.1. The minimum atomic E-state index is 0.467. The zero-order valence-corrected chi connectivity index (χ0v) is 15.7. The molecule has 0 aromatic carbocycles. The number of rotatable bonds is 4. The summed E-state index contributed by atoms with van der Waals surface area (Å²) in [6, 6.07) is 8.51. The van der Waals surface area contributed by atoms with Crippen LogP contribution in [0.1, 0.15) is 43.0 Å². The number of nitrogens with zero attached hydrogens (tertiary/aromatic N) is 6. The lowest BCUT2D eigenvalue weighted by molar-refractivity contribution is 0.202. The summed E-state index contributed by atoms with van der Waals surface area (Å²) in [7, 11) is 0. The van der Waals surface area contributed by atoms with Gasteiger partial charge in [0.05, 0.1) is 11.9 Å². The lowest BCUT2D eigenvalue weighted by Crippen LogP contribution is -2.32. The maximum atomic E-state index is 4.83. The van der Waals surface area contributed by atoms with Crippen molar-refractivity contribution in [3.8, 4) is 0 Å². The predicted octanol–water partition coefficient (Wildman–Crippen LogP) is 3.10. The van der Waals surface area contributed by atoms with E-state index in [1.807, 2.05) is 16.9 Å². The Morgan fingerprint density at radius 2 is 1.70 bits per heavy atom. The van der Waals surface area contributed by atoms with Crippen molar-refractivity contribution in [2.24, 2.45) is 0 Å². The van der Waals surface area contributed by atoms with Gasteiger partial charge in [-0.3, -0.25) is 9.88 Å². The highest BCUT2D eigenvalue weighted by Gasteiger charge is 2.24. The van der Waals surface area contributed by atoms with Crippen molar-refractivity contribution in [3.05, 3.63) is 54.2 Å². The smallest absolute Gasteiger partial charge is 0.155 e. The first-order chi connectivity index (χ1) is 13.3. The van der Waals surface area contributed by atoms with E-state index in [0.29, 0.717) is 5.92 Å². The third-order valence-corrected chi connectivity index (χ3v) is 5.91. The van der Waals surface area contributed by atoms with E-state index in [2.05, 4.69) is 45.2 Å². The highest BCUT2D eigenvalue weighted by Crippen LogP contribution is 2.28. The van der Waals surface area contributed by atoms with Gasteiger partial charge >= 0.3 is 0 Å². The van der Waals surface area contributed by atoms with Crippen LogP contribution in [0.15, 0.2) is 42.9 Å². The van der Waals surface area contributed by atoms with Crippen molar-refractivity contribution in [2.45, 2.75) is 38.1 Å². The third kappa shape index (κ3) is 3.54. The van der Waals surface area contributed by atoms with Crippen molar-refractivity contribution in [3.63, 3.8) is 0 Å². The Bertz CT molecular complexity index is 891. The zero-order valence-electron chi connectivity index (χ0n) is 15.7. The summed E-state index contributed by atoms with van der Waals surface area (Å²) < 4.78 is 1.98. The fraction of sp³-hybridized carbons (Fsp3) is 0.476. The van der Waals surface area contributed by atoms with Gasteiger partial charge in [0.25, 0.3) is 0 Å². The number of hydrogen-bond acceptors (Lipinski definition) is 5. The first kappa shape index (κ1) is 16.7. The molecule has 2 aliphatic rings. The van der Waals surface area contributed by atoms with Gasteiger partial charge in [0.2, 0.25) is 0 Å². The molecule has 0 saturated carbocycles. The lowest BCUT2D eigenvalue weighted by atomic mass is 9.96. The van der Waals surface area contributed by atoms with Crippen LogP contribution in [-0.2, 0) is 6.54 Å². The van der Waals surface area contributed by atoms with Gasteiger partial charge in [0.1, 0.15) is 0 Å². The highest BCUT2D eigenvalue weighted by atomic mass is 15.3. The van der Waals surface area contributed by atoms with E-state index < -0.39 is 0 Å². The summed E-state index contributed by atoms with van der Waals surface area (Å²) >= 11 is 0. The van der Waals surface area contributed by atoms with E-state index in [4.69, 9.17) is 10.1 Å². The summed E-state index contributed by atoms with van der Waals surface area (Å²) in [5, 5.41) is 4.83. The quantitative estimate of drug-likeness (QED) is 0.714. The second-order valence-corrected chi connectivity index (χ2v) is 7.76. The van der Waals surface area contributed by atoms with Gasteiger partial charge < -0.3 is 4.90 Å². The Morgan fingerprint density at radius 3 is 2.48 bits per heavy atom. The minimum absolute atomic E-state index is 0.467. The molecule has 0 amide bonds. The number of piperidine rings is 1. The summed E-state index contributed by atoms with van der Waals surface area (Å²) in [6.07, 6.45) is 10.7. The van der Waals surface area contributed by atoms with Crippen molar-refractivity contribution in [1.82, 2.24) is 24.5 Å². The molecule has 140 valence electrons. The van der Waals surface area contributed by atoms with Gasteiger partial charge in [0.15, 0.2) is 11.5 Å². The van der Waals surface area contributed by atoms with Crippen LogP contribution in [0.5, 0.6) is 0 Å². The first-order valence-corrected chi connectivity index (χ1v) is 10.1. The number of pyridine rings is 2. The van der Waals surface area contributed by atoms with E-state index in [0.717, 1.165) is 57.0 Å². The van der Waals surface area contributed by atoms with E-state index in [1.165, 1.54) is 24.1 Å². The molecule has 0 atom stereocenters. The van der Waals surface area contributed by atoms with Crippen LogP contribution >= 0.6 is 0 Å². The highest BCUT2D eigenvalue weighted by molar-refractivity contribution is 5.51. The molecule has 6 nitrogen and oxygen atoms in total. The second kappa shape index (κ2) is 7.27. The summed E-state index contributed by atoms with van der Waals surface area (Å²) in [6.45, 7) is 5.52. The maximum Gasteiger partial charge on any atom is 0.155 e. The number of fused-ring (bicyclic) bond motifs is 1. The molecule has 0 N–H and O–H groups in total. The van der Waals surface area contributed by atoms with Gasteiger partial charge in [-0.2, -0.15) is 5.10 Å².